The summed E-state index contributed by atoms with van der Waals surface area (Å²) in [6.45, 7) is 5.58. The van der Waals surface area contributed by atoms with E-state index in [1.807, 2.05) is 25.5 Å². The number of nitrogens with zero attached hydrogens (tertiary/aromatic N) is 4. The number of halogens is 2. The highest BCUT2D eigenvalue weighted by Gasteiger charge is 2.08. The van der Waals surface area contributed by atoms with E-state index in [0.29, 0.717) is 24.8 Å². The van der Waals surface area contributed by atoms with Crippen molar-refractivity contribution in [3.8, 4) is 5.75 Å². The largest absolute Gasteiger partial charge is 0.489 e. The zero-order valence-electron chi connectivity index (χ0n) is 17.8. The molecule has 1 unspecified atom stereocenters. The van der Waals surface area contributed by atoms with E-state index in [1.165, 1.54) is 17.0 Å². The molecule has 0 fully saturated rings. The molecule has 0 saturated heterocycles. The van der Waals surface area contributed by atoms with Gasteiger partial charge in [-0.2, -0.15) is 0 Å². The monoisotopic (exact) mass is 558 g/mol. The number of benzene rings is 1. The highest BCUT2D eigenvalue weighted by atomic mass is 127. The second-order valence-corrected chi connectivity index (χ2v) is 7.94. The van der Waals surface area contributed by atoms with Crippen LogP contribution in [0.1, 0.15) is 23.4 Å². The van der Waals surface area contributed by atoms with Crippen molar-refractivity contribution < 1.29 is 9.13 Å². The lowest BCUT2D eigenvalue weighted by molar-refractivity contribution is 0.223. The van der Waals surface area contributed by atoms with Crippen LogP contribution in [0.3, 0.4) is 0 Å². The molecule has 31 heavy (non-hydrogen) atoms. The number of hydrogen-bond acceptors (Lipinski definition) is 5. The van der Waals surface area contributed by atoms with Gasteiger partial charge in [-0.05, 0) is 56.0 Å². The molecule has 1 aromatic carbocycles. The Balaban J connectivity index is 0.00000341. The third-order valence-corrected chi connectivity index (χ3v) is 5.45. The molecule has 0 aliphatic heterocycles. The predicted molar refractivity (Wildman–Crippen MR) is 133 cm³/mol. The molecule has 0 amide bonds. The summed E-state index contributed by atoms with van der Waals surface area (Å²) in [4.78, 5) is 5.97. The van der Waals surface area contributed by atoms with Crippen molar-refractivity contribution >= 4 is 41.3 Å². The molecule has 0 saturated carbocycles. The van der Waals surface area contributed by atoms with Crippen molar-refractivity contribution in [2.45, 2.75) is 32.9 Å². The lowest BCUT2D eigenvalue weighted by atomic mass is 10.3. The Hall–Kier alpha value is -2.21. The normalized spacial score (nSPS) is 12.2. The summed E-state index contributed by atoms with van der Waals surface area (Å²) in [5, 5.41) is 17.0. The lowest BCUT2D eigenvalue weighted by Gasteiger charge is -2.18. The molecular weight excluding hydrogens is 530 g/mol. The van der Waals surface area contributed by atoms with Gasteiger partial charge in [-0.1, -0.05) is 6.07 Å². The van der Waals surface area contributed by atoms with Gasteiger partial charge in [0.2, 0.25) is 0 Å². The van der Waals surface area contributed by atoms with Gasteiger partial charge in [0.05, 0.1) is 6.54 Å². The van der Waals surface area contributed by atoms with Gasteiger partial charge in [-0.25, -0.2) is 9.38 Å². The van der Waals surface area contributed by atoms with Crippen molar-refractivity contribution in [2.24, 2.45) is 12.0 Å². The Morgan fingerprint density at radius 2 is 2.00 bits per heavy atom. The van der Waals surface area contributed by atoms with Crippen LogP contribution in [0.5, 0.6) is 5.75 Å². The van der Waals surface area contributed by atoms with E-state index in [0.717, 1.165) is 24.6 Å². The maximum Gasteiger partial charge on any atom is 0.191 e. The number of thiophene rings is 1. The van der Waals surface area contributed by atoms with Crippen molar-refractivity contribution in [3.05, 3.63) is 64.1 Å². The van der Waals surface area contributed by atoms with Gasteiger partial charge in [-0.3, -0.25) is 0 Å². The topological polar surface area (TPSA) is 76.4 Å². The third kappa shape index (κ3) is 8.09. The van der Waals surface area contributed by atoms with E-state index in [9.17, 15) is 4.39 Å². The fourth-order valence-corrected chi connectivity index (χ4v) is 3.41. The SMILES string of the molecule is Cc1nnc(CN=C(NCCc2cccs2)NCC(C)Oc2ccc(F)cc2)n1C.I. The summed E-state index contributed by atoms with van der Waals surface area (Å²) in [6.07, 6.45) is 0.792. The average molecular weight is 558 g/mol. The fourth-order valence-electron chi connectivity index (χ4n) is 2.70. The molecule has 7 nitrogen and oxygen atoms in total. The Morgan fingerprint density at radius 1 is 1.23 bits per heavy atom. The summed E-state index contributed by atoms with van der Waals surface area (Å²) < 4.78 is 20.8. The van der Waals surface area contributed by atoms with Crippen LogP contribution in [0, 0.1) is 12.7 Å². The van der Waals surface area contributed by atoms with Gasteiger partial charge in [0, 0.05) is 18.5 Å². The van der Waals surface area contributed by atoms with Gasteiger partial charge in [0.25, 0.3) is 0 Å². The summed E-state index contributed by atoms with van der Waals surface area (Å²) in [5.74, 6) is 2.67. The molecule has 0 spiro atoms. The molecule has 3 rings (SSSR count). The zero-order valence-corrected chi connectivity index (χ0v) is 21.0. The number of guanidine groups is 1. The first-order valence-electron chi connectivity index (χ1n) is 9.83. The first-order valence-corrected chi connectivity index (χ1v) is 10.7. The number of aryl methyl sites for hydroxylation is 1. The minimum atomic E-state index is -0.281. The molecule has 0 bridgehead atoms. The summed E-state index contributed by atoms with van der Waals surface area (Å²) in [5.41, 5.74) is 0. The van der Waals surface area contributed by atoms with E-state index < -0.39 is 0 Å². The predicted octanol–water partition coefficient (Wildman–Crippen LogP) is 3.69. The second kappa shape index (κ2) is 12.6. The molecule has 0 aliphatic carbocycles. The molecule has 1 atom stereocenters. The van der Waals surface area contributed by atoms with E-state index >= 15 is 0 Å². The minimum Gasteiger partial charge on any atom is -0.489 e. The van der Waals surface area contributed by atoms with Crippen LogP contribution in [0.2, 0.25) is 0 Å². The molecule has 2 heterocycles. The van der Waals surface area contributed by atoms with Crippen molar-refractivity contribution in [2.75, 3.05) is 13.1 Å². The molecule has 0 aliphatic rings. The van der Waals surface area contributed by atoms with Gasteiger partial charge in [0.1, 0.15) is 30.0 Å². The molecular formula is C21H28FIN6OS. The van der Waals surface area contributed by atoms with Gasteiger partial charge < -0.3 is 19.9 Å². The van der Waals surface area contributed by atoms with Crippen LogP contribution in [-0.2, 0) is 20.0 Å². The Kier molecular flexibility index (Phi) is 10.2. The first kappa shape index (κ1) is 25.1. The molecule has 0 radical (unpaired) electrons. The average Bonchev–Trinajstić information content (AvgIpc) is 3.36. The van der Waals surface area contributed by atoms with Gasteiger partial charge in [-0.15, -0.1) is 45.5 Å². The van der Waals surface area contributed by atoms with Crippen molar-refractivity contribution in [1.82, 2.24) is 25.4 Å². The maximum atomic E-state index is 13.1. The molecule has 168 valence electrons. The first-order chi connectivity index (χ1) is 14.5. The summed E-state index contributed by atoms with van der Waals surface area (Å²) in [7, 11) is 1.93. The van der Waals surface area contributed by atoms with Gasteiger partial charge >= 0.3 is 0 Å². The van der Waals surface area contributed by atoms with Crippen LogP contribution in [0.15, 0.2) is 46.8 Å². The lowest BCUT2D eigenvalue weighted by Crippen LogP contribution is -2.42. The Bertz CT molecular complexity index is 945. The fraction of sp³-hybridized carbons (Fsp3) is 0.381. The van der Waals surface area contributed by atoms with Gasteiger partial charge in [0.15, 0.2) is 11.8 Å². The summed E-state index contributed by atoms with van der Waals surface area (Å²) >= 11 is 1.74. The van der Waals surface area contributed by atoms with Crippen LogP contribution in [0.25, 0.3) is 0 Å². The quantitative estimate of drug-likeness (QED) is 0.238. The van der Waals surface area contributed by atoms with E-state index in [4.69, 9.17) is 4.74 Å². The van der Waals surface area contributed by atoms with Crippen molar-refractivity contribution in [1.29, 1.82) is 0 Å². The van der Waals surface area contributed by atoms with Crippen molar-refractivity contribution in [3.63, 3.8) is 0 Å². The number of aliphatic imine (C=N–C) groups is 1. The maximum absolute atomic E-state index is 13.1. The zero-order chi connectivity index (χ0) is 21.3. The Labute approximate surface area is 203 Å². The van der Waals surface area contributed by atoms with Crippen LogP contribution < -0.4 is 15.4 Å². The molecule has 2 aromatic heterocycles. The van der Waals surface area contributed by atoms with Crippen LogP contribution >= 0.6 is 35.3 Å². The highest BCUT2D eigenvalue weighted by Crippen LogP contribution is 2.12. The number of nitrogens with one attached hydrogen (secondary N) is 2. The smallest absolute Gasteiger partial charge is 0.191 e. The minimum absolute atomic E-state index is 0. The molecule has 10 heteroatoms. The van der Waals surface area contributed by atoms with Crippen LogP contribution in [0.4, 0.5) is 4.39 Å². The van der Waals surface area contributed by atoms with E-state index in [-0.39, 0.29) is 35.9 Å². The Morgan fingerprint density at radius 3 is 2.65 bits per heavy atom. The van der Waals surface area contributed by atoms with E-state index in [1.54, 1.807) is 23.5 Å². The second-order valence-electron chi connectivity index (χ2n) is 6.91. The molecule has 3 aromatic rings. The molecule has 2 N–H and O–H groups in total. The number of ether oxygens (including phenoxy) is 1. The number of hydrogen-bond donors (Lipinski definition) is 2. The van der Waals surface area contributed by atoms with E-state index in [2.05, 4.69) is 43.3 Å². The highest BCUT2D eigenvalue weighted by molar-refractivity contribution is 14.0. The van der Waals surface area contributed by atoms with Crippen LogP contribution in [-0.4, -0.2) is 39.9 Å². The third-order valence-electron chi connectivity index (χ3n) is 4.51. The number of aromatic nitrogens is 3. The summed E-state index contributed by atoms with van der Waals surface area (Å²) in [6, 6.07) is 10.2. The number of rotatable bonds is 9. The standard InChI is InChI=1S/C21H27FN6OS.HI/c1-15(29-18-8-6-17(22)7-9-18)13-24-21(23-11-10-19-5-4-12-30-19)25-14-20-27-26-16(2)28(20)3;/h4-9,12,15H,10-11,13-14H2,1-3H3,(H2,23,24,25);1H.